The molecule has 0 bridgehead atoms. The van der Waals surface area contributed by atoms with Crippen LogP contribution in [0.3, 0.4) is 0 Å². The van der Waals surface area contributed by atoms with Crippen LogP contribution in [0.2, 0.25) is 0 Å². The summed E-state index contributed by atoms with van der Waals surface area (Å²) in [6.45, 7) is 0.948. The van der Waals surface area contributed by atoms with Gasteiger partial charge in [-0.15, -0.1) is 0 Å². The molecule has 1 aliphatic rings. The Morgan fingerprint density at radius 1 is 1.43 bits per heavy atom. The normalized spacial score (nSPS) is 30.4. The average Bonchev–Trinajstić information content (AvgIpc) is 1.99. The molecule has 1 fully saturated rings. The molecule has 1 rings (SSSR count). The third-order valence-corrected chi connectivity index (χ3v) is 1.18. The highest BCUT2D eigenvalue weighted by atomic mass is 16.6. The maximum Gasteiger partial charge on any atom is 0.217 e. The Bertz CT molecular complexity index is 70.6. The van der Waals surface area contributed by atoms with Gasteiger partial charge in [-0.3, -0.25) is 0 Å². The number of likely N-dealkylation sites (N-methyl/N-ethyl adjacent to an activating group) is 1. The number of ether oxygens (including phenoxy) is 1. The van der Waals surface area contributed by atoms with Gasteiger partial charge >= 0.3 is 0 Å². The van der Waals surface area contributed by atoms with Crippen molar-refractivity contribution in [1.82, 2.24) is 0 Å². The van der Waals surface area contributed by atoms with Gasteiger partial charge in [-0.1, -0.05) is 0 Å². The largest absolute Gasteiger partial charge is 0.318 e. The number of nitrogens with zero attached hydrogens (tertiary/aromatic N) is 1. The number of hydrogen-bond acceptors (Lipinski definition) is 1. The second kappa shape index (κ2) is 1.20. The molecule has 0 spiro atoms. The van der Waals surface area contributed by atoms with Crippen molar-refractivity contribution in [3.63, 3.8) is 0 Å². The molecule has 0 radical (unpaired) electrons. The maximum atomic E-state index is 5.05. The van der Waals surface area contributed by atoms with Gasteiger partial charge in [0.25, 0.3) is 0 Å². The molecule has 0 aromatic heterocycles. The van der Waals surface area contributed by atoms with Gasteiger partial charge in [0.2, 0.25) is 6.23 Å². The Labute approximate surface area is 44.3 Å². The molecule has 0 saturated carbocycles. The van der Waals surface area contributed by atoms with Gasteiger partial charge in [0.05, 0.1) is 21.1 Å². The van der Waals surface area contributed by atoms with Crippen LogP contribution in [-0.4, -0.2) is 38.5 Å². The predicted octanol–water partition coefficient (Wildman–Crippen LogP) is 0.0489. The van der Waals surface area contributed by atoms with Crippen LogP contribution >= 0.6 is 0 Å². The first-order valence-electron chi connectivity index (χ1n) is 2.53. The highest BCUT2D eigenvalue weighted by molar-refractivity contribution is 4.53. The van der Waals surface area contributed by atoms with E-state index < -0.39 is 0 Å². The zero-order valence-corrected chi connectivity index (χ0v) is 5.14. The summed E-state index contributed by atoms with van der Waals surface area (Å²) in [7, 11) is 6.41. The molecular weight excluding hydrogens is 90.1 g/mol. The minimum absolute atomic E-state index is 0.486. The lowest BCUT2D eigenvalue weighted by Crippen LogP contribution is -2.37. The predicted molar refractivity (Wildman–Crippen MR) is 27.8 cm³/mol. The van der Waals surface area contributed by atoms with Crippen LogP contribution in [0, 0.1) is 0 Å². The fourth-order valence-corrected chi connectivity index (χ4v) is 0.490. The smallest absolute Gasteiger partial charge is 0.217 e. The summed E-state index contributed by atoms with van der Waals surface area (Å²) in [5, 5.41) is 0. The highest BCUT2D eigenvalue weighted by Gasteiger charge is 2.36. The van der Waals surface area contributed by atoms with Gasteiger partial charge in [0.1, 0.15) is 6.61 Å². The number of hydrogen-bond donors (Lipinski definition) is 0. The van der Waals surface area contributed by atoms with E-state index in [-0.39, 0.29) is 0 Å². The van der Waals surface area contributed by atoms with Gasteiger partial charge in [0.15, 0.2) is 0 Å². The third-order valence-electron chi connectivity index (χ3n) is 1.18. The van der Waals surface area contributed by atoms with E-state index in [1.807, 2.05) is 0 Å². The Morgan fingerprint density at radius 3 is 1.86 bits per heavy atom. The van der Waals surface area contributed by atoms with Gasteiger partial charge < -0.3 is 9.22 Å². The molecule has 0 aromatic rings. The maximum absolute atomic E-state index is 5.05. The molecule has 1 unspecified atom stereocenters. The van der Waals surface area contributed by atoms with E-state index >= 15 is 0 Å². The fraction of sp³-hybridized carbons (Fsp3) is 1.00. The minimum Gasteiger partial charge on any atom is -0.318 e. The Hall–Kier alpha value is -0.0800. The monoisotopic (exact) mass is 102 g/mol. The lowest BCUT2D eigenvalue weighted by atomic mass is 10.6. The number of epoxide rings is 1. The summed E-state index contributed by atoms with van der Waals surface area (Å²) in [5.41, 5.74) is 0. The molecule has 0 N–H and O–H groups in total. The molecule has 42 valence electrons. The van der Waals surface area contributed by atoms with Crippen molar-refractivity contribution >= 4 is 0 Å². The highest BCUT2D eigenvalue weighted by Crippen LogP contribution is 2.16. The van der Waals surface area contributed by atoms with E-state index in [0.717, 1.165) is 11.1 Å². The molecule has 1 heterocycles. The van der Waals surface area contributed by atoms with Crippen molar-refractivity contribution in [3.8, 4) is 0 Å². The van der Waals surface area contributed by atoms with Gasteiger partial charge in [-0.25, -0.2) is 0 Å². The standard InChI is InChI=1S/C5H12NO/c1-6(2,3)5-4-7-5/h5H,4H2,1-3H3/q+1. The van der Waals surface area contributed by atoms with E-state index in [2.05, 4.69) is 21.1 Å². The molecule has 0 aliphatic carbocycles. The van der Waals surface area contributed by atoms with E-state index in [9.17, 15) is 0 Å². The molecule has 0 aromatic carbocycles. The zero-order valence-electron chi connectivity index (χ0n) is 5.14. The van der Waals surface area contributed by atoms with E-state index in [1.165, 1.54) is 0 Å². The van der Waals surface area contributed by atoms with Crippen LogP contribution in [0.25, 0.3) is 0 Å². The third kappa shape index (κ3) is 1.14. The van der Waals surface area contributed by atoms with Crippen LogP contribution in [0.15, 0.2) is 0 Å². The Morgan fingerprint density at radius 2 is 1.86 bits per heavy atom. The van der Waals surface area contributed by atoms with Crippen LogP contribution in [0.1, 0.15) is 0 Å². The summed E-state index contributed by atoms with van der Waals surface area (Å²) >= 11 is 0. The van der Waals surface area contributed by atoms with Gasteiger partial charge in [0, 0.05) is 0 Å². The average molecular weight is 102 g/mol. The lowest BCUT2D eigenvalue weighted by Gasteiger charge is -2.20. The van der Waals surface area contributed by atoms with Crippen LogP contribution in [-0.2, 0) is 4.74 Å². The van der Waals surface area contributed by atoms with E-state index in [0.29, 0.717) is 6.23 Å². The summed E-state index contributed by atoms with van der Waals surface area (Å²) in [4.78, 5) is 0. The molecule has 1 saturated heterocycles. The molecule has 2 nitrogen and oxygen atoms in total. The van der Waals surface area contributed by atoms with Crippen LogP contribution in [0.5, 0.6) is 0 Å². The van der Waals surface area contributed by atoms with Crippen molar-refractivity contribution < 1.29 is 9.22 Å². The second-order valence-corrected chi connectivity index (χ2v) is 2.90. The lowest BCUT2D eigenvalue weighted by molar-refractivity contribution is -0.891. The number of quaternary nitrogens is 1. The zero-order chi connectivity index (χ0) is 5.49. The van der Waals surface area contributed by atoms with Crippen molar-refractivity contribution in [2.45, 2.75) is 6.23 Å². The van der Waals surface area contributed by atoms with Gasteiger partial charge in [-0.05, 0) is 0 Å². The van der Waals surface area contributed by atoms with E-state index in [1.54, 1.807) is 0 Å². The van der Waals surface area contributed by atoms with Crippen molar-refractivity contribution in [1.29, 1.82) is 0 Å². The Kier molecular flexibility index (Phi) is 0.869. The summed E-state index contributed by atoms with van der Waals surface area (Å²) < 4.78 is 5.99. The Balaban J connectivity index is 2.36. The van der Waals surface area contributed by atoms with Crippen molar-refractivity contribution in [3.05, 3.63) is 0 Å². The first kappa shape index (κ1) is 5.06. The topological polar surface area (TPSA) is 12.5 Å². The van der Waals surface area contributed by atoms with Crippen LogP contribution < -0.4 is 0 Å². The van der Waals surface area contributed by atoms with Crippen LogP contribution in [0.4, 0.5) is 0 Å². The molecular formula is C5H12NO+. The summed E-state index contributed by atoms with van der Waals surface area (Å²) in [6, 6.07) is 0. The van der Waals surface area contributed by atoms with E-state index in [4.69, 9.17) is 4.74 Å². The first-order chi connectivity index (χ1) is 3.11. The summed E-state index contributed by atoms with van der Waals surface area (Å²) in [5.74, 6) is 0. The first-order valence-corrected chi connectivity index (χ1v) is 2.53. The van der Waals surface area contributed by atoms with Gasteiger partial charge in [-0.2, -0.15) is 0 Å². The minimum atomic E-state index is 0.486. The molecule has 7 heavy (non-hydrogen) atoms. The second-order valence-electron chi connectivity index (χ2n) is 2.90. The molecule has 2 heteroatoms. The molecule has 1 atom stereocenters. The summed E-state index contributed by atoms with van der Waals surface area (Å²) in [6.07, 6.45) is 0.486. The molecule has 1 aliphatic heterocycles. The quantitative estimate of drug-likeness (QED) is 0.336. The molecule has 0 amide bonds. The number of rotatable bonds is 1. The SMILES string of the molecule is C[N+](C)(C)C1CO1. The van der Waals surface area contributed by atoms with Crippen molar-refractivity contribution in [2.24, 2.45) is 0 Å². The van der Waals surface area contributed by atoms with Crippen molar-refractivity contribution in [2.75, 3.05) is 27.7 Å². The fourth-order valence-electron chi connectivity index (χ4n) is 0.490.